The number of nitrogens with two attached hydrogens (primary N) is 1. The van der Waals surface area contributed by atoms with Gasteiger partial charge in [0, 0.05) is 18.9 Å². The molecule has 2 aliphatic heterocycles. The third-order valence-corrected chi connectivity index (χ3v) is 4.73. The van der Waals surface area contributed by atoms with Crippen LogP contribution < -0.4 is 5.73 Å². The molecule has 2 saturated heterocycles. The maximum atomic E-state index is 11.9. The zero-order valence-corrected chi connectivity index (χ0v) is 10.6. The normalized spacial score (nSPS) is 29.2. The fraction of sp³-hybridized carbons (Fsp3) is 0.917. The van der Waals surface area contributed by atoms with Crippen LogP contribution in [0.5, 0.6) is 0 Å². The molecule has 0 aliphatic carbocycles. The van der Waals surface area contributed by atoms with Gasteiger partial charge in [-0.25, -0.2) is 0 Å². The summed E-state index contributed by atoms with van der Waals surface area (Å²) in [5.41, 5.74) is 5.48. The van der Waals surface area contributed by atoms with Crippen molar-refractivity contribution in [2.24, 2.45) is 11.7 Å². The highest BCUT2D eigenvalue weighted by Gasteiger charge is 2.40. The lowest BCUT2D eigenvalue weighted by Crippen LogP contribution is -2.44. The first-order valence-electron chi connectivity index (χ1n) is 6.20. The average Bonchev–Trinajstić information content (AvgIpc) is 2.30. The molecule has 2 rings (SSSR count). The Labute approximate surface area is 101 Å². The third-order valence-electron chi connectivity index (χ3n) is 3.74. The molecule has 92 valence electrons. The third kappa shape index (κ3) is 2.79. The van der Waals surface area contributed by atoms with Gasteiger partial charge >= 0.3 is 0 Å². The minimum absolute atomic E-state index is 0.0262. The quantitative estimate of drug-likeness (QED) is 0.818. The Morgan fingerprint density at radius 1 is 1.44 bits per heavy atom. The summed E-state index contributed by atoms with van der Waals surface area (Å²) in [6.45, 7) is 1.24. The summed E-state index contributed by atoms with van der Waals surface area (Å²) in [6, 6.07) is 0. The van der Waals surface area contributed by atoms with E-state index >= 15 is 0 Å². The van der Waals surface area contributed by atoms with E-state index in [4.69, 9.17) is 10.5 Å². The number of hydrogen-bond donors (Lipinski definition) is 1. The van der Waals surface area contributed by atoms with Gasteiger partial charge in [0.05, 0.1) is 5.60 Å². The predicted octanol–water partition coefficient (Wildman–Crippen LogP) is 1.60. The van der Waals surface area contributed by atoms with Crippen molar-refractivity contribution in [1.82, 2.24) is 0 Å². The smallest absolute Gasteiger partial charge is 0.137 e. The molecule has 0 radical (unpaired) electrons. The largest absolute Gasteiger partial charge is 0.375 e. The number of carbonyl (C=O) groups is 1. The van der Waals surface area contributed by atoms with Crippen LogP contribution in [-0.2, 0) is 9.53 Å². The van der Waals surface area contributed by atoms with Gasteiger partial charge in [0.25, 0.3) is 0 Å². The Morgan fingerprint density at radius 3 is 2.88 bits per heavy atom. The lowest BCUT2D eigenvalue weighted by molar-refractivity contribution is -0.138. The van der Waals surface area contributed by atoms with Crippen LogP contribution in [0.3, 0.4) is 0 Å². The standard InChI is InChI=1S/C12H21NO2S/c13-5-1-11(14)10-2-6-15-12(9-10)3-7-16-8-4-12/h10H,1-9,13H2. The number of hydrogen-bond acceptors (Lipinski definition) is 4. The van der Waals surface area contributed by atoms with Crippen molar-refractivity contribution in [1.29, 1.82) is 0 Å². The van der Waals surface area contributed by atoms with Crippen molar-refractivity contribution in [3.05, 3.63) is 0 Å². The van der Waals surface area contributed by atoms with Gasteiger partial charge in [-0.2, -0.15) is 11.8 Å². The molecule has 0 bridgehead atoms. The zero-order chi connectivity index (χ0) is 11.4. The Kier molecular flexibility index (Phi) is 4.27. The van der Waals surface area contributed by atoms with Crippen molar-refractivity contribution in [3.8, 4) is 0 Å². The molecule has 2 aliphatic rings. The monoisotopic (exact) mass is 243 g/mol. The van der Waals surface area contributed by atoms with Gasteiger partial charge in [0.2, 0.25) is 0 Å². The fourth-order valence-electron chi connectivity index (χ4n) is 2.74. The van der Waals surface area contributed by atoms with E-state index in [0.29, 0.717) is 18.7 Å². The minimum Gasteiger partial charge on any atom is -0.375 e. The number of Topliss-reactive ketones (excluding diaryl/α,β-unsaturated/α-hetero) is 1. The number of carbonyl (C=O) groups excluding carboxylic acids is 1. The van der Waals surface area contributed by atoms with E-state index in [1.807, 2.05) is 11.8 Å². The van der Waals surface area contributed by atoms with Crippen molar-refractivity contribution >= 4 is 17.5 Å². The lowest BCUT2D eigenvalue weighted by atomic mass is 9.79. The Morgan fingerprint density at radius 2 is 2.19 bits per heavy atom. The van der Waals surface area contributed by atoms with Crippen LogP contribution in [0.2, 0.25) is 0 Å². The molecule has 0 aromatic rings. The first-order chi connectivity index (χ1) is 7.76. The van der Waals surface area contributed by atoms with Gasteiger partial charge in [-0.15, -0.1) is 0 Å². The summed E-state index contributed by atoms with van der Waals surface area (Å²) in [6.07, 6.45) is 4.60. The Balaban J connectivity index is 1.94. The van der Waals surface area contributed by atoms with Gasteiger partial charge in [-0.1, -0.05) is 0 Å². The molecule has 1 unspecified atom stereocenters. The number of thioether (sulfide) groups is 1. The molecule has 2 N–H and O–H groups in total. The Bertz CT molecular complexity index is 246. The summed E-state index contributed by atoms with van der Waals surface area (Å²) in [7, 11) is 0. The Hall–Kier alpha value is -0.0600. The molecule has 0 amide bonds. The molecule has 2 heterocycles. The van der Waals surface area contributed by atoms with Gasteiger partial charge in [-0.05, 0) is 43.7 Å². The van der Waals surface area contributed by atoms with Crippen molar-refractivity contribution in [2.75, 3.05) is 24.7 Å². The first kappa shape index (κ1) is 12.4. The zero-order valence-electron chi connectivity index (χ0n) is 9.74. The molecule has 2 fully saturated rings. The number of rotatable bonds is 3. The van der Waals surface area contributed by atoms with Gasteiger partial charge in [0.1, 0.15) is 5.78 Å². The highest BCUT2D eigenvalue weighted by atomic mass is 32.2. The van der Waals surface area contributed by atoms with E-state index in [1.54, 1.807) is 0 Å². The molecule has 0 saturated carbocycles. The van der Waals surface area contributed by atoms with Crippen LogP contribution in [0, 0.1) is 5.92 Å². The van der Waals surface area contributed by atoms with Crippen molar-refractivity contribution in [3.63, 3.8) is 0 Å². The molecule has 3 nitrogen and oxygen atoms in total. The molecule has 16 heavy (non-hydrogen) atoms. The van der Waals surface area contributed by atoms with Gasteiger partial charge in [-0.3, -0.25) is 4.79 Å². The van der Waals surface area contributed by atoms with Crippen LogP contribution in [0.4, 0.5) is 0 Å². The van der Waals surface area contributed by atoms with Crippen LogP contribution >= 0.6 is 11.8 Å². The molecule has 0 aromatic carbocycles. The maximum Gasteiger partial charge on any atom is 0.137 e. The van der Waals surface area contributed by atoms with Crippen LogP contribution in [-0.4, -0.2) is 36.0 Å². The highest BCUT2D eigenvalue weighted by Crippen LogP contribution is 2.40. The molecule has 1 spiro atoms. The first-order valence-corrected chi connectivity index (χ1v) is 7.36. The molecule has 4 heteroatoms. The molecule has 1 atom stereocenters. The number of ether oxygens (including phenoxy) is 1. The summed E-state index contributed by atoms with van der Waals surface area (Å²) in [5, 5.41) is 0. The van der Waals surface area contributed by atoms with E-state index in [-0.39, 0.29) is 11.5 Å². The lowest BCUT2D eigenvalue weighted by Gasteiger charge is -2.42. The van der Waals surface area contributed by atoms with Gasteiger partial charge in [0.15, 0.2) is 0 Å². The van der Waals surface area contributed by atoms with E-state index in [9.17, 15) is 4.79 Å². The molecular formula is C12H21NO2S. The van der Waals surface area contributed by atoms with E-state index in [2.05, 4.69) is 0 Å². The molecular weight excluding hydrogens is 222 g/mol. The van der Waals surface area contributed by atoms with E-state index in [0.717, 1.165) is 32.3 Å². The van der Waals surface area contributed by atoms with Crippen LogP contribution in [0.15, 0.2) is 0 Å². The van der Waals surface area contributed by atoms with Crippen LogP contribution in [0.25, 0.3) is 0 Å². The van der Waals surface area contributed by atoms with E-state index in [1.165, 1.54) is 11.5 Å². The second kappa shape index (κ2) is 5.52. The average molecular weight is 243 g/mol. The second-order valence-electron chi connectivity index (χ2n) is 4.84. The summed E-state index contributed by atoms with van der Waals surface area (Å²) >= 11 is 2.00. The summed E-state index contributed by atoms with van der Waals surface area (Å²) in [5.74, 6) is 2.92. The van der Waals surface area contributed by atoms with Crippen molar-refractivity contribution < 1.29 is 9.53 Å². The predicted molar refractivity (Wildman–Crippen MR) is 66.6 cm³/mol. The van der Waals surface area contributed by atoms with Gasteiger partial charge < -0.3 is 10.5 Å². The summed E-state index contributed by atoms with van der Waals surface area (Å²) in [4.78, 5) is 11.9. The number of ketones is 1. The fourth-order valence-corrected chi connectivity index (χ4v) is 3.98. The topological polar surface area (TPSA) is 52.3 Å². The maximum absolute atomic E-state index is 11.9. The minimum atomic E-state index is 0.0262. The van der Waals surface area contributed by atoms with E-state index < -0.39 is 0 Å². The molecule has 0 aromatic heterocycles. The highest BCUT2D eigenvalue weighted by molar-refractivity contribution is 7.99. The SMILES string of the molecule is NCCC(=O)C1CCOC2(CCSCC2)C1. The summed E-state index contributed by atoms with van der Waals surface area (Å²) < 4.78 is 5.97. The second-order valence-corrected chi connectivity index (χ2v) is 6.06. The van der Waals surface area contributed by atoms with Crippen LogP contribution in [0.1, 0.15) is 32.1 Å². The van der Waals surface area contributed by atoms with Crippen molar-refractivity contribution in [2.45, 2.75) is 37.7 Å².